The predicted octanol–water partition coefficient (Wildman–Crippen LogP) is 3.62. The lowest BCUT2D eigenvalue weighted by molar-refractivity contribution is 0.0490. The third-order valence-corrected chi connectivity index (χ3v) is 2.65. The largest absolute Gasteiger partial charge is 0.460 e. The number of rotatable bonds is 3. The van der Waals surface area contributed by atoms with Crippen LogP contribution in [0, 0.1) is 12.7 Å². The Kier molecular flexibility index (Phi) is 3.85. The van der Waals surface area contributed by atoms with Gasteiger partial charge in [-0.05, 0) is 32.0 Å². The summed E-state index contributed by atoms with van der Waals surface area (Å²) in [6.45, 7) is 3.50. The van der Waals surface area contributed by atoms with Crippen LogP contribution in [0.2, 0.25) is 5.02 Å². The van der Waals surface area contributed by atoms with E-state index in [9.17, 15) is 9.18 Å². The molecule has 2 rings (SSSR count). The van der Waals surface area contributed by atoms with Crippen LogP contribution >= 0.6 is 11.6 Å². The second-order valence-corrected chi connectivity index (χ2v) is 4.21. The number of ether oxygens (including phenoxy) is 1. The highest BCUT2D eigenvalue weighted by Gasteiger charge is 2.20. The highest BCUT2D eigenvalue weighted by atomic mass is 35.5. The molecular weight excluding hydrogens is 273 g/mol. The Morgan fingerprint density at radius 3 is 2.89 bits per heavy atom. The molecule has 0 aliphatic heterocycles. The summed E-state index contributed by atoms with van der Waals surface area (Å²) < 4.78 is 23.8. The van der Waals surface area contributed by atoms with E-state index in [1.54, 1.807) is 13.8 Å². The van der Waals surface area contributed by atoms with E-state index in [-0.39, 0.29) is 28.8 Å². The molecule has 0 spiro atoms. The zero-order valence-corrected chi connectivity index (χ0v) is 11.1. The van der Waals surface area contributed by atoms with Crippen molar-refractivity contribution in [1.29, 1.82) is 0 Å². The van der Waals surface area contributed by atoms with Gasteiger partial charge in [0.2, 0.25) is 11.7 Å². The van der Waals surface area contributed by atoms with Crippen molar-refractivity contribution >= 4 is 17.6 Å². The lowest BCUT2D eigenvalue weighted by Gasteiger charge is -1.99. The summed E-state index contributed by atoms with van der Waals surface area (Å²) in [5.41, 5.74) is 0.492. The molecule has 0 N–H and O–H groups in total. The van der Waals surface area contributed by atoms with Crippen LogP contribution in [-0.2, 0) is 4.74 Å². The van der Waals surface area contributed by atoms with Gasteiger partial charge in [-0.3, -0.25) is 0 Å². The second-order valence-electron chi connectivity index (χ2n) is 3.78. The maximum Gasteiger partial charge on any atom is 0.376 e. The van der Waals surface area contributed by atoms with Crippen molar-refractivity contribution in [2.24, 2.45) is 0 Å². The Balaban J connectivity index is 2.42. The first kappa shape index (κ1) is 13.5. The van der Waals surface area contributed by atoms with E-state index in [0.29, 0.717) is 5.69 Å². The summed E-state index contributed by atoms with van der Waals surface area (Å²) in [5, 5.41) is 0.273. The van der Waals surface area contributed by atoms with Gasteiger partial charge in [0.25, 0.3) is 0 Å². The molecule has 0 amide bonds. The van der Waals surface area contributed by atoms with Gasteiger partial charge in [0, 0.05) is 5.02 Å². The molecule has 0 bridgehead atoms. The van der Waals surface area contributed by atoms with E-state index < -0.39 is 11.8 Å². The zero-order valence-electron chi connectivity index (χ0n) is 10.4. The Labute approximate surface area is 114 Å². The second kappa shape index (κ2) is 5.40. The summed E-state index contributed by atoms with van der Waals surface area (Å²) in [7, 11) is 0. The predicted molar refractivity (Wildman–Crippen MR) is 67.6 cm³/mol. The first-order chi connectivity index (χ1) is 9.02. The van der Waals surface area contributed by atoms with Crippen molar-refractivity contribution in [1.82, 2.24) is 4.98 Å². The fraction of sp³-hybridized carbons (Fsp3) is 0.231. The summed E-state index contributed by atoms with van der Waals surface area (Å²) in [4.78, 5) is 15.6. The quantitative estimate of drug-likeness (QED) is 0.807. The number of aryl methyl sites for hydroxylation is 1. The first-order valence-electron chi connectivity index (χ1n) is 5.63. The summed E-state index contributed by atoms with van der Waals surface area (Å²) in [6, 6.07) is 4.11. The molecule has 0 aliphatic rings. The van der Waals surface area contributed by atoms with Gasteiger partial charge in [0.05, 0.1) is 17.9 Å². The third-order valence-electron chi connectivity index (χ3n) is 2.42. The van der Waals surface area contributed by atoms with E-state index in [1.807, 2.05) is 0 Å². The van der Waals surface area contributed by atoms with Crippen LogP contribution in [-0.4, -0.2) is 17.6 Å². The normalized spacial score (nSPS) is 10.5. The number of esters is 1. The van der Waals surface area contributed by atoms with E-state index in [4.69, 9.17) is 20.8 Å². The van der Waals surface area contributed by atoms with Gasteiger partial charge in [-0.2, -0.15) is 0 Å². The maximum absolute atomic E-state index is 13.7. The van der Waals surface area contributed by atoms with Crippen molar-refractivity contribution in [3.63, 3.8) is 0 Å². The minimum absolute atomic E-state index is 0.0220. The van der Waals surface area contributed by atoms with E-state index in [2.05, 4.69) is 4.98 Å². The van der Waals surface area contributed by atoms with Crippen molar-refractivity contribution < 1.29 is 18.3 Å². The molecule has 19 heavy (non-hydrogen) atoms. The molecule has 0 saturated carbocycles. The molecule has 1 aromatic carbocycles. The van der Waals surface area contributed by atoms with E-state index in [1.165, 1.54) is 12.1 Å². The van der Waals surface area contributed by atoms with Gasteiger partial charge in [0.1, 0.15) is 5.82 Å². The molecule has 0 aliphatic carbocycles. The molecule has 1 aromatic heterocycles. The average molecular weight is 284 g/mol. The van der Waals surface area contributed by atoms with Crippen LogP contribution in [0.3, 0.4) is 0 Å². The standard InChI is InChI=1S/C13H11ClFNO3/c1-3-18-13(17)11-7(2)16-12(19-11)9-5-4-8(14)6-10(9)15/h4-6H,3H2,1-2H3. The highest BCUT2D eigenvalue weighted by Crippen LogP contribution is 2.26. The smallest absolute Gasteiger partial charge is 0.376 e. The Morgan fingerprint density at radius 1 is 1.53 bits per heavy atom. The van der Waals surface area contributed by atoms with Crippen LogP contribution in [0.1, 0.15) is 23.2 Å². The first-order valence-corrected chi connectivity index (χ1v) is 6.00. The van der Waals surface area contributed by atoms with Gasteiger partial charge < -0.3 is 9.15 Å². The number of halogens is 2. The number of benzene rings is 1. The molecule has 100 valence electrons. The number of hydrogen-bond acceptors (Lipinski definition) is 4. The third kappa shape index (κ3) is 2.76. The Morgan fingerprint density at radius 2 is 2.26 bits per heavy atom. The Hall–Kier alpha value is -1.88. The van der Waals surface area contributed by atoms with Crippen molar-refractivity contribution in [3.8, 4) is 11.5 Å². The molecule has 0 unspecified atom stereocenters. The lowest BCUT2D eigenvalue weighted by Crippen LogP contribution is -2.04. The summed E-state index contributed by atoms with van der Waals surface area (Å²) in [5.74, 6) is -1.18. The van der Waals surface area contributed by atoms with Crippen LogP contribution in [0.25, 0.3) is 11.5 Å². The molecule has 6 heteroatoms. The number of nitrogens with zero attached hydrogens (tertiary/aromatic N) is 1. The van der Waals surface area contributed by atoms with Gasteiger partial charge in [-0.1, -0.05) is 11.6 Å². The number of oxazole rings is 1. The Bertz CT molecular complexity index is 624. The van der Waals surface area contributed by atoms with Crippen LogP contribution < -0.4 is 0 Å². The molecule has 4 nitrogen and oxygen atoms in total. The van der Waals surface area contributed by atoms with Crippen molar-refractivity contribution in [2.75, 3.05) is 6.61 Å². The fourth-order valence-electron chi connectivity index (χ4n) is 1.56. The lowest BCUT2D eigenvalue weighted by atomic mass is 10.2. The van der Waals surface area contributed by atoms with Crippen LogP contribution in [0.15, 0.2) is 22.6 Å². The average Bonchev–Trinajstić information content (AvgIpc) is 2.71. The molecule has 0 atom stereocenters. The molecule has 0 fully saturated rings. The summed E-state index contributed by atoms with van der Waals surface area (Å²) in [6.07, 6.45) is 0. The summed E-state index contributed by atoms with van der Waals surface area (Å²) >= 11 is 5.67. The topological polar surface area (TPSA) is 52.3 Å². The molecular formula is C13H11ClFNO3. The monoisotopic (exact) mass is 283 g/mol. The van der Waals surface area contributed by atoms with Gasteiger partial charge in [-0.25, -0.2) is 14.2 Å². The van der Waals surface area contributed by atoms with Gasteiger partial charge >= 0.3 is 5.97 Å². The fourth-order valence-corrected chi connectivity index (χ4v) is 1.72. The van der Waals surface area contributed by atoms with Crippen LogP contribution in [0.4, 0.5) is 4.39 Å². The van der Waals surface area contributed by atoms with Gasteiger partial charge in [0.15, 0.2) is 0 Å². The number of hydrogen-bond donors (Lipinski definition) is 0. The number of aromatic nitrogens is 1. The molecule has 0 radical (unpaired) electrons. The van der Waals surface area contributed by atoms with E-state index >= 15 is 0 Å². The molecule has 1 heterocycles. The number of carbonyl (C=O) groups excluding carboxylic acids is 1. The SMILES string of the molecule is CCOC(=O)c1oc(-c2ccc(Cl)cc2F)nc1C. The van der Waals surface area contributed by atoms with Gasteiger partial charge in [-0.15, -0.1) is 0 Å². The maximum atomic E-state index is 13.7. The number of carbonyl (C=O) groups is 1. The molecule has 2 aromatic rings. The molecule has 0 saturated heterocycles. The van der Waals surface area contributed by atoms with Crippen molar-refractivity contribution in [3.05, 3.63) is 40.5 Å². The minimum atomic E-state index is -0.617. The van der Waals surface area contributed by atoms with Crippen molar-refractivity contribution in [2.45, 2.75) is 13.8 Å². The highest BCUT2D eigenvalue weighted by molar-refractivity contribution is 6.30. The minimum Gasteiger partial charge on any atom is -0.460 e. The zero-order chi connectivity index (χ0) is 14.0. The van der Waals surface area contributed by atoms with E-state index in [0.717, 1.165) is 6.07 Å². The van der Waals surface area contributed by atoms with Crippen LogP contribution in [0.5, 0.6) is 0 Å².